The highest BCUT2D eigenvalue weighted by Gasteiger charge is 2.60. The van der Waals surface area contributed by atoms with Gasteiger partial charge in [0.1, 0.15) is 6.10 Å². The Balaban J connectivity index is 1.73. The fraction of sp³-hybridized carbons (Fsp3) is 0.692. The van der Waals surface area contributed by atoms with Crippen molar-refractivity contribution in [3.8, 4) is 0 Å². The number of rotatable bonds is 2. The molecule has 3 rings (SSSR count). The molecule has 5 unspecified atom stereocenters. The van der Waals surface area contributed by atoms with Gasteiger partial charge in [0.05, 0.1) is 12.5 Å². The minimum absolute atomic E-state index is 0.0309. The molecule has 0 spiro atoms. The van der Waals surface area contributed by atoms with Crippen molar-refractivity contribution in [2.24, 2.45) is 23.7 Å². The Labute approximate surface area is 100.0 Å². The van der Waals surface area contributed by atoms with Crippen LogP contribution in [-0.4, -0.2) is 24.6 Å². The molecule has 1 saturated heterocycles. The number of hydrogen-bond donors (Lipinski definition) is 0. The maximum absolute atomic E-state index is 11.6. The topological polar surface area (TPSA) is 52.6 Å². The first kappa shape index (κ1) is 10.8. The molecule has 2 saturated carbocycles. The van der Waals surface area contributed by atoms with E-state index in [4.69, 9.17) is 9.47 Å². The zero-order chi connectivity index (χ0) is 12.2. The molecule has 0 aromatic heterocycles. The van der Waals surface area contributed by atoms with Gasteiger partial charge in [-0.2, -0.15) is 0 Å². The lowest BCUT2D eigenvalue weighted by molar-refractivity contribution is -0.152. The van der Waals surface area contributed by atoms with Gasteiger partial charge in [-0.05, 0) is 25.7 Å². The quantitative estimate of drug-likeness (QED) is 0.535. The molecule has 0 aromatic rings. The molecule has 0 aromatic carbocycles. The van der Waals surface area contributed by atoms with E-state index in [1.165, 1.54) is 0 Å². The van der Waals surface area contributed by atoms with Crippen LogP contribution in [0.5, 0.6) is 0 Å². The van der Waals surface area contributed by atoms with Gasteiger partial charge in [-0.1, -0.05) is 6.58 Å². The van der Waals surface area contributed by atoms with E-state index in [2.05, 4.69) is 6.58 Å². The van der Waals surface area contributed by atoms with Crippen molar-refractivity contribution < 1.29 is 19.1 Å². The van der Waals surface area contributed by atoms with Crippen molar-refractivity contribution in [2.45, 2.75) is 25.9 Å². The van der Waals surface area contributed by atoms with E-state index in [1.807, 2.05) is 0 Å². The number of carbonyl (C=O) groups excluding carboxylic acids is 2. The van der Waals surface area contributed by atoms with Crippen molar-refractivity contribution in [1.82, 2.24) is 0 Å². The van der Waals surface area contributed by atoms with Gasteiger partial charge in [-0.25, -0.2) is 4.79 Å². The number of esters is 2. The highest BCUT2D eigenvalue weighted by atomic mass is 16.6. The third kappa shape index (κ3) is 1.50. The number of carbonyl (C=O) groups is 2. The predicted molar refractivity (Wildman–Crippen MR) is 58.8 cm³/mol. The summed E-state index contributed by atoms with van der Waals surface area (Å²) >= 11 is 0. The highest BCUT2D eigenvalue weighted by molar-refractivity contribution is 5.87. The van der Waals surface area contributed by atoms with Gasteiger partial charge >= 0.3 is 11.9 Å². The Bertz CT molecular complexity index is 400. The zero-order valence-electron chi connectivity index (χ0n) is 9.85. The molecule has 17 heavy (non-hydrogen) atoms. The molecule has 5 atom stereocenters. The molecule has 1 heterocycles. The van der Waals surface area contributed by atoms with E-state index in [9.17, 15) is 9.59 Å². The van der Waals surface area contributed by atoms with Crippen molar-refractivity contribution in [3.05, 3.63) is 12.2 Å². The summed E-state index contributed by atoms with van der Waals surface area (Å²) in [4.78, 5) is 23.1. The molecule has 3 fully saturated rings. The van der Waals surface area contributed by atoms with Crippen molar-refractivity contribution in [3.63, 3.8) is 0 Å². The third-order valence-electron chi connectivity index (χ3n) is 4.41. The maximum Gasteiger partial charge on any atom is 0.333 e. The summed E-state index contributed by atoms with van der Waals surface area (Å²) in [6.07, 6.45) is 1.76. The Hall–Kier alpha value is -1.32. The third-order valence-corrected chi connectivity index (χ3v) is 4.41. The van der Waals surface area contributed by atoms with Gasteiger partial charge in [-0.3, -0.25) is 4.79 Å². The minimum atomic E-state index is -0.342. The lowest BCUT2D eigenvalue weighted by Crippen LogP contribution is -2.35. The Morgan fingerprint density at radius 1 is 1.41 bits per heavy atom. The van der Waals surface area contributed by atoms with Gasteiger partial charge < -0.3 is 9.47 Å². The first-order valence-electron chi connectivity index (χ1n) is 6.11. The second-order valence-electron chi connectivity index (χ2n) is 5.44. The van der Waals surface area contributed by atoms with E-state index in [0.29, 0.717) is 24.0 Å². The van der Waals surface area contributed by atoms with Gasteiger partial charge in [-0.15, -0.1) is 0 Å². The van der Waals surface area contributed by atoms with E-state index in [-0.39, 0.29) is 29.9 Å². The average molecular weight is 236 g/mol. The fourth-order valence-electron chi connectivity index (χ4n) is 3.65. The summed E-state index contributed by atoms with van der Waals surface area (Å²) in [5.74, 6) is 0.552. The first-order valence-corrected chi connectivity index (χ1v) is 6.11. The lowest BCUT2D eigenvalue weighted by Gasteiger charge is -2.28. The normalized spacial score (nSPS) is 42.2. The van der Waals surface area contributed by atoms with Gasteiger partial charge in [0.25, 0.3) is 0 Å². The predicted octanol–water partition coefficient (Wildman–Crippen LogP) is 1.30. The molecule has 2 aliphatic carbocycles. The van der Waals surface area contributed by atoms with Crippen molar-refractivity contribution in [1.29, 1.82) is 0 Å². The van der Waals surface area contributed by atoms with Crippen LogP contribution in [-0.2, 0) is 19.1 Å². The lowest BCUT2D eigenvalue weighted by atomic mass is 9.80. The molecule has 4 heteroatoms. The van der Waals surface area contributed by atoms with Crippen LogP contribution in [0.25, 0.3) is 0 Å². The van der Waals surface area contributed by atoms with Gasteiger partial charge in [0, 0.05) is 17.4 Å². The molecule has 0 N–H and O–H groups in total. The Morgan fingerprint density at radius 2 is 2.18 bits per heavy atom. The van der Waals surface area contributed by atoms with E-state index < -0.39 is 0 Å². The molecular formula is C13H16O4. The van der Waals surface area contributed by atoms with Crippen molar-refractivity contribution in [2.75, 3.05) is 6.61 Å². The second kappa shape index (κ2) is 3.59. The summed E-state index contributed by atoms with van der Waals surface area (Å²) in [5.41, 5.74) is 0.415. The summed E-state index contributed by atoms with van der Waals surface area (Å²) < 4.78 is 10.5. The van der Waals surface area contributed by atoms with Crippen LogP contribution in [0.15, 0.2) is 12.2 Å². The van der Waals surface area contributed by atoms with Crippen LogP contribution >= 0.6 is 0 Å². The standard InChI is InChI=1S/C13H16O4/c1-6(2)12(14)17-10-4-7-3-8(10)11-9(7)5-16-13(11)15/h7-11H,1,3-5H2,2H3. The van der Waals surface area contributed by atoms with Crippen LogP contribution in [0.2, 0.25) is 0 Å². The van der Waals surface area contributed by atoms with Crippen LogP contribution in [0, 0.1) is 23.7 Å². The fourth-order valence-corrected chi connectivity index (χ4v) is 3.65. The highest BCUT2D eigenvalue weighted by Crippen LogP contribution is 2.56. The number of ether oxygens (including phenoxy) is 2. The van der Waals surface area contributed by atoms with Crippen LogP contribution in [0.3, 0.4) is 0 Å². The van der Waals surface area contributed by atoms with E-state index >= 15 is 0 Å². The molecule has 0 amide bonds. The molecule has 1 aliphatic heterocycles. The van der Waals surface area contributed by atoms with Crippen LogP contribution in [0.4, 0.5) is 0 Å². The summed E-state index contributed by atoms with van der Waals surface area (Å²) in [6, 6.07) is 0. The Morgan fingerprint density at radius 3 is 2.88 bits per heavy atom. The van der Waals surface area contributed by atoms with E-state index in [1.54, 1.807) is 6.92 Å². The molecule has 3 aliphatic rings. The van der Waals surface area contributed by atoms with E-state index in [0.717, 1.165) is 12.8 Å². The molecule has 0 radical (unpaired) electrons. The number of hydrogen-bond acceptors (Lipinski definition) is 4. The van der Waals surface area contributed by atoms with Crippen LogP contribution in [0.1, 0.15) is 19.8 Å². The number of cyclic esters (lactones) is 1. The second-order valence-corrected chi connectivity index (χ2v) is 5.44. The summed E-state index contributed by atoms with van der Waals surface area (Å²) in [5, 5.41) is 0. The summed E-state index contributed by atoms with van der Waals surface area (Å²) in [6.45, 7) is 5.78. The monoisotopic (exact) mass is 236 g/mol. The largest absolute Gasteiger partial charge is 0.465 e. The molecule has 92 valence electrons. The minimum Gasteiger partial charge on any atom is -0.465 e. The zero-order valence-corrected chi connectivity index (χ0v) is 9.85. The molecule has 2 bridgehead atoms. The maximum atomic E-state index is 11.6. The molecular weight excluding hydrogens is 220 g/mol. The van der Waals surface area contributed by atoms with Gasteiger partial charge in [0.2, 0.25) is 0 Å². The average Bonchev–Trinajstić information content (AvgIpc) is 2.91. The van der Waals surface area contributed by atoms with Crippen molar-refractivity contribution >= 4 is 11.9 Å². The number of fused-ring (bicyclic) bond motifs is 5. The van der Waals surface area contributed by atoms with Gasteiger partial charge in [0.15, 0.2) is 0 Å². The van der Waals surface area contributed by atoms with Crippen LogP contribution < -0.4 is 0 Å². The SMILES string of the molecule is C=C(C)C(=O)OC1CC2CC1C1C(=O)OCC21. The smallest absolute Gasteiger partial charge is 0.333 e. The molecule has 4 nitrogen and oxygen atoms in total. The summed E-state index contributed by atoms with van der Waals surface area (Å²) in [7, 11) is 0. The Kier molecular flexibility index (Phi) is 2.28. The first-order chi connectivity index (χ1) is 8.08.